The number of carbonyl (C=O) groups is 2. The number of rotatable bonds is 10. The van der Waals surface area contributed by atoms with Gasteiger partial charge in [0, 0.05) is 29.8 Å². The van der Waals surface area contributed by atoms with E-state index in [4.69, 9.17) is 17.0 Å². The van der Waals surface area contributed by atoms with Crippen molar-refractivity contribution in [3.05, 3.63) is 124 Å². The maximum absolute atomic E-state index is 12.8. The van der Waals surface area contributed by atoms with Crippen molar-refractivity contribution in [1.29, 1.82) is 0 Å². The van der Waals surface area contributed by atoms with E-state index in [0.717, 1.165) is 12.0 Å². The molecule has 0 atom stereocenters. The first-order chi connectivity index (χ1) is 19.0. The Bertz CT molecular complexity index is 1430. The van der Waals surface area contributed by atoms with Gasteiger partial charge in [-0.05, 0) is 82.1 Å². The summed E-state index contributed by atoms with van der Waals surface area (Å²) in [7, 11) is 0. The molecular weight excluding hydrogens is 574 g/mol. The Labute approximate surface area is 241 Å². The molecule has 0 radical (unpaired) electrons. The Balaban J connectivity index is 1.25. The molecule has 6 nitrogen and oxygen atoms in total. The molecule has 4 rings (SSSR count). The number of thiocarbonyl (C=S) groups is 1. The highest BCUT2D eigenvalue weighted by Crippen LogP contribution is 2.26. The average Bonchev–Trinajstić information content (AvgIpc) is 2.94. The number of halogens is 1. The zero-order valence-electron chi connectivity index (χ0n) is 21.2. The molecule has 0 fully saturated rings. The van der Waals surface area contributed by atoms with E-state index in [1.807, 2.05) is 48.5 Å². The number of amides is 2. The molecule has 39 heavy (non-hydrogen) atoms. The van der Waals surface area contributed by atoms with Gasteiger partial charge >= 0.3 is 0 Å². The summed E-state index contributed by atoms with van der Waals surface area (Å²) in [6.07, 6.45) is 1.83. The van der Waals surface area contributed by atoms with Crippen LogP contribution in [0.25, 0.3) is 0 Å². The molecule has 0 heterocycles. The van der Waals surface area contributed by atoms with Gasteiger partial charge in [-0.15, -0.1) is 0 Å². The van der Waals surface area contributed by atoms with Crippen LogP contribution in [-0.4, -0.2) is 23.5 Å². The quantitative estimate of drug-likeness (QED) is 0.175. The summed E-state index contributed by atoms with van der Waals surface area (Å²) in [5, 5.41) is 8.73. The third-order valence-corrected chi connectivity index (χ3v) is 6.62. The third-order valence-electron chi connectivity index (χ3n) is 5.80. The lowest BCUT2D eigenvalue weighted by molar-refractivity contribution is -0.116. The molecule has 198 valence electrons. The van der Waals surface area contributed by atoms with Gasteiger partial charge in [-0.3, -0.25) is 14.9 Å². The van der Waals surface area contributed by atoms with E-state index >= 15 is 0 Å². The van der Waals surface area contributed by atoms with Crippen LogP contribution in [0.15, 0.2) is 108 Å². The monoisotopic (exact) mass is 601 g/mol. The minimum Gasteiger partial charge on any atom is -0.492 e. The Hall–Kier alpha value is -4.01. The molecule has 0 spiro atoms. The molecule has 0 unspecified atom stereocenters. The van der Waals surface area contributed by atoms with E-state index in [2.05, 4.69) is 44.0 Å². The topological polar surface area (TPSA) is 79.5 Å². The average molecular weight is 603 g/mol. The van der Waals surface area contributed by atoms with E-state index in [9.17, 15) is 9.59 Å². The summed E-state index contributed by atoms with van der Waals surface area (Å²) < 4.78 is 6.54. The third kappa shape index (κ3) is 9.05. The highest BCUT2D eigenvalue weighted by Gasteiger charge is 2.12. The van der Waals surface area contributed by atoms with Crippen molar-refractivity contribution in [1.82, 2.24) is 5.32 Å². The Morgan fingerprint density at radius 1 is 0.744 bits per heavy atom. The highest BCUT2D eigenvalue weighted by atomic mass is 79.9. The number of hydrogen-bond donors (Lipinski definition) is 3. The van der Waals surface area contributed by atoms with E-state index in [1.54, 1.807) is 42.5 Å². The number of ether oxygens (including phenoxy) is 1. The van der Waals surface area contributed by atoms with Crippen molar-refractivity contribution in [3.8, 4) is 5.75 Å². The lowest BCUT2D eigenvalue weighted by Gasteiger charge is -2.13. The minimum absolute atomic E-state index is 0.0787. The van der Waals surface area contributed by atoms with Crippen molar-refractivity contribution in [2.45, 2.75) is 19.3 Å². The fourth-order valence-electron chi connectivity index (χ4n) is 3.82. The number of carbonyl (C=O) groups excluding carboxylic acids is 2. The molecular formula is C31H28BrN3O3S. The van der Waals surface area contributed by atoms with Crippen LogP contribution in [-0.2, 0) is 17.6 Å². The van der Waals surface area contributed by atoms with Crippen molar-refractivity contribution in [2.75, 3.05) is 17.2 Å². The molecule has 0 aliphatic heterocycles. The van der Waals surface area contributed by atoms with Gasteiger partial charge in [0.1, 0.15) is 5.75 Å². The van der Waals surface area contributed by atoms with Crippen molar-refractivity contribution >= 4 is 56.4 Å². The fourth-order valence-corrected chi connectivity index (χ4v) is 4.52. The molecule has 8 heteroatoms. The Kier molecular flexibility index (Phi) is 10.2. The lowest BCUT2D eigenvalue weighted by atomic mass is 10.1. The molecule has 0 aliphatic rings. The smallest absolute Gasteiger partial charge is 0.257 e. The normalized spacial score (nSPS) is 10.4. The summed E-state index contributed by atoms with van der Waals surface area (Å²) >= 11 is 8.82. The van der Waals surface area contributed by atoms with Crippen molar-refractivity contribution in [2.24, 2.45) is 0 Å². The van der Waals surface area contributed by atoms with Crippen LogP contribution in [0.5, 0.6) is 5.75 Å². The fraction of sp³-hybridized carbons (Fsp3) is 0.129. The predicted molar refractivity (Wildman–Crippen MR) is 163 cm³/mol. The molecule has 0 aromatic heterocycles. The summed E-state index contributed by atoms with van der Waals surface area (Å²) in [5.41, 5.74) is 4.02. The van der Waals surface area contributed by atoms with Crippen LogP contribution in [0, 0.1) is 0 Å². The molecule has 0 saturated carbocycles. The number of anilines is 2. The van der Waals surface area contributed by atoms with Crippen LogP contribution >= 0.6 is 28.1 Å². The van der Waals surface area contributed by atoms with E-state index < -0.39 is 0 Å². The number of aryl methyl sites for hydroxylation is 1. The number of nitrogens with one attached hydrogen (secondary N) is 3. The largest absolute Gasteiger partial charge is 0.492 e. The molecule has 0 bridgehead atoms. The van der Waals surface area contributed by atoms with Gasteiger partial charge in [0.2, 0.25) is 5.91 Å². The summed E-state index contributed by atoms with van der Waals surface area (Å²) in [4.78, 5) is 25.1. The number of hydrogen-bond acceptors (Lipinski definition) is 4. The minimum atomic E-state index is -0.352. The van der Waals surface area contributed by atoms with Gasteiger partial charge in [-0.2, -0.15) is 0 Å². The molecule has 3 N–H and O–H groups in total. The second-order valence-corrected chi connectivity index (χ2v) is 10.0. The maximum atomic E-state index is 12.8. The van der Waals surface area contributed by atoms with Crippen molar-refractivity contribution < 1.29 is 14.3 Å². The van der Waals surface area contributed by atoms with E-state index in [0.29, 0.717) is 46.6 Å². The van der Waals surface area contributed by atoms with Crippen LogP contribution < -0.4 is 20.7 Å². The van der Waals surface area contributed by atoms with Crippen LogP contribution in [0.3, 0.4) is 0 Å². The van der Waals surface area contributed by atoms with Gasteiger partial charge in [-0.1, -0.05) is 66.7 Å². The molecule has 2 amide bonds. The van der Waals surface area contributed by atoms with Gasteiger partial charge in [0.05, 0.1) is 11.1 Å². The molecule has 4 aromatic rings. The van der Waals surface area contributed by atoms with Crippen LogP contribution in [0.2, 0.25) is 0 Å². The second kappa shape index (κ2) is 14.2. The zero-order chi connectivity index (χ0) is 27.5. The lowest BCUT2D eigenvalue weighted by Crippen LogP contribution is -2.34. The van der Waals surface area contributed by atoms with Crippen LogP contribution in [0.4, 0.5) is 11.4 Å². The zero-order valence-corrected chi connectivity index (χ0v) is 23.6. The number of benzene rings is 4. The van der Waals surface area contributed by atoms with Gasteiger partial charge in [-0.25, -0.2) is 0 Å². The molecule has 4 aromatic carbocycles. The Morgan fingerprint density at radius 2 is 1.38 bits per heavy atom. The Morgan fingerprint density at radius 3 is 2.05 bits per heavy atom. The van der Waals surface area contributed by atoms with Gasteiger partial charge < -0.3 is 15.4 Å². The standard InChI is InChI=1S/C31H28BrN3O3S/c32-27-20-24(15-16-28(27)38-19-18-23-10-5-2-6-11-23)30(37)35-31(39)34-26-13-7-12-25(21-26)33-29(36)17-14-22-8-3-1-4-9-22/h1-13,15-16,20-21H,14,17-19H2,(H,33,36)(H2,34,35,37,39). The maximum Gasteiger partial charge on any atom is 0.257 e. The predicted octanol–water partition coefficient (Wildman–Crippen LogP) is 6.77. The molecule has 0 aliphatic carbocycles. The molecule has 0 saturated heterocycles. The summed E-state index contributed by atoms with van der Waals surface area (Å²) in [6.45, 7) is 0.523. The SMILES string of the molecule is O=C(CCc1ccccc1)Nc1cccc(NC(=S)NC(=O)c2ccc(OCCc3ccccc3)c(Br)c2)c1. The summed E-state index contributed by atoms with van der Waals surface area (Å²) in [5.74, 6) is 0.227. The summed E-state index contributed by atoms with van der Waals surface area (Å²) in [6, 6.07) is 32.3. The van der Waals surface area contributed by atoms with Crippen molar-refractivity contribution in [3.63, 3.8) is 0 Å². The second-order valence-electron chi connectivity index (χ2n) is 8.75. The van der Waals surface area contributed by atoms with E-state index in [1.165, 1.54) is 5.56 Å². The van der Waals surface area contributed by atoms with Gasteiger partial charge in [0.25, 0.3) is 5.91 Å². The first-order valence-corrected chi connectivity index (χ1v) is 13.7. The first kappa shape index (κ1) is 28.0. The van der Waals surface area contributed by atoms with Crippen LogP contribution in [0.1, 0.15) is 27.9 Å². The highest BCUT2D eigenvalue weighted by molar-refractivity contribution is 9.10. The van der Waals surface area contributed by atoms with Gasteiger partial charge in [0.15, 0.2) is 5.11 Å². The first-order valence-electron chi connectivity index (χ1n) is 12.5. The van der Waals surface area contributed by atoms with E-state index in [-0.39, 0.29) is 16.9 Å².